The van der Waals surface area contributed by atoms with E-state index in [1.165, 1.54) is 25.5 Å². The van der Waals surface area contributed by atoms with Gasteiger partial charge in [-0.2, -0.15) is 0 Å². The van der Waals surface area contributed by atoms with Gasteiger partial charge in [0, 0.05) is 12.3 Å². The zero-order valence-corrected chi connectivity index (χ0v) is 8.63. The number of aromatic hydroxyl groups is 1. The standard InChI is InChI=1S/C9H10O4S/c1-13-8-4-7(11)6(5-10)3-9(8)14(2)12/h3-5,11H,1-2H3/t14-/m0/s1. The SMILES string of the molecule is COc1cc(O)c(C=O)cc1[S@](C)=O. The van der Waals surface area contributed by atoms with Crippen LogP contribution in [0.2, 0.25) is 0 Å². The molecule has 0 heterocycles. The lowest BCUT2D eigenvalue weighted by atomic mass is 10.2. The van der Waals surface area contributed by atoms with E-state index in [1.807, 2.05) is 0 Å². The van der Waals surface area contributed by atoms with E-state index in [4.69, 9.17) is 4.74 Å². The van der Waals surface area contributed by atoms with E-state index in [0.29, 0.717) is 16.9 Å². The van der Waals surface area contributed by atoms with Crippen molar-refractivity contribution in [3.63, 3.8) is 0 Å². The Morgan fingerprint density at radius 1 is 1.50 bits per heavy atom. The largest absolute Gasteiger partial charge is 0.507 e. The summed E-state index contributed by atoms with van der Waals surface area (Å²) in [4.78, 5) is 10.9. The molecule has 0 aliphatic rings. The van der Waals surface area contributed by atoms with Crippen LogP contribution in [0.25, 0.3) is 0 Å². The number of aldehydes is 1. The van der Waals surface area contributed by atoms with Crippen LogP contribution in [0.15, 0.2) is 17.0 Å². The summed E-state index contributed by atoms with van der Waals surface area (Å²) < 4.78 is 16.2. The smallest absolute Gasteiger partial charge is 0.153 e. The Hall–Kier alpha value is -1.36. The summed E-state index contributed by atoms with van der Waals surface area (Å²) in [6.45, 7) is 0. The van der Waals surface area contributed by atoms with Crippen LogP contribution in [0.4, 0.5) is 0 Å². The zero-order valence-electron chi connectivity index (χ0n) is 7.81. The minimum atomic E-state index is -1.26. The van der Waals surface area contributed by atoms with E-state index in [2.05, 4.69) is 0 Å². The summed E-state index contributed by atoms with van der Waals surface area (Å²) in [6.07, 6.45) is 1.98. The topological polar surface area (TPSA) is 63.6 Å². The Kier molecular flexibility index (Phi) is 3.24. The van der Waals surface area contributed by atoms with E-state index >= 15 is 0 Å². The van der Waals surface area contributed by atoms with Crippen molar-refractivity contribution in [1.82, 2.24) is 0 Å². The molecule has 76 valence electrons. The Balaban J connectivity index is 3.39. The van der Waals surface area contributed by atoms with Gasteiger partial charge < -0.3 is 9.84 Å². The van der Waals surface area contributed by atoms with E-state index in [-0.39, 0.29) is 11.3 Å². The Morgan fingerprint density at radius 2 is 2.14 bits per heavy atom. The predicted molar refractivity (Wildman–Crippen MR) is 52.4 cm³/mol. The summed E-state index contributed by atoms with van der Waals surface area (Å²) in [5.74, 6) is 0.139. The number of rotatable bonds is 3. The number of methoxy groups -OCH3 is 1. The Labute approximate surface area is 84.0 Å². The third-order valence-electron chi connectivity index (χ3n) is 1.75. The highest BCUT2D eigenvalue weighted by Crippen LogP contribution is 2.29. The van der Waals surface area contributed by atoms with Gasteiger partial charge in [0.2, 0.25) is 0 Å². The van der Waals surface area contributed by atoms with Crippen molar-refractivity contribution in [3.8, 4) is 11.5 Å². The molecule has 1 atom stereocenters. The summed E-state index contributed by atoms with van der Waals surface area (Å²) in [5.41, 5.74) is 0.107. The molecule has 0 aliphatic heterocycles. The lowest BCUT2D eigenvalue weighted by molar-refractivity contribution is 0.112. The van der Waals surface area contributed by atoms with Crippen molar-refractivity contribution < 1.29 is 18.8 Å². The van der Waals surface area contributed by atoms with Gasteiger partial charge >= 0.3 is 0 Å². The maximum Gasteiger partial charge on any atom is 0.153 e. The molecule has 0 aliphatic carbocycles. The highest BCUT2D eigenvalue weighted by atomic mass is 32.2. The van der Waals surface area contributed by atoms with Crippen molar-refractivity contribution in [3.05, 3.63) is 17.7 Å². The van der Waals surface area contributed by atoms with Crippen LogP contribution in [-0.4, -0.2) is 29.0 Å². The molecule has 5 heteroatoms. The number of phenolic OH excluding ortho intramolecular Hbond substituents is 1. The molecule has 0 amide bonds. The number of carbonyl (C=O) groups excluding carboxylic acids is 1. The Bertz CT molecular complexity index is 387. The first-order valence-corrected chi connectivity index (χ1v) is 5.35. The van der Waals surface area contributed by atoms with Gasteiger partial charge in [-0.05, 0) is 6.07 Å². The summed E-state index contributed by atoms with van der Waals surface area (Å²) >= 11 is 0. The van der Waals surface area contributed by atoms with Crippen LogP contribution in [0.3, 0.4) is 0 Å². The third kappa shape index (κ3) is 1.93. The average molecular weight is 214 g/mol. The summed E-state index contributed by atoms with van der Waals surface area (Å²) in [6, 6.07) is 2.64. The molecule has 0 aromatic heterocycles. The van der Waals surface area contributed by atoms with Gasteiger partial charge in [0.15, 0.2) is 6.29 Å². The van der Waals surface area contributed by atoms with Gasteiger partial charge in [0.25, 0.3) is 0 Å². The number of hydrogen-bond donors (Lipinski definition) is 1. The maximum absolute atomic E-state index is 11.2. The molecule has 0 fully saturated rings. The van der Waals surface area contributed by atoms with Gasteiger partial charge in [0.1, 0.15) is 11.5 Å². The predicted octanol–water partition coefficient (Wildman–Crippen LogP) is 0.951. The molecule has 0 saturated carbocycles. The van der Waals surface area contributed by atoms with Crippen LogP contribution < -0.4 is 4.74 Å². The first-order chi connectivity index (χ1) is 6.60. The monoisotopic (exact) mass is 214 g/mol. The molecular weight excluding hydrogens is 204 g/mol. The van der Waals surface area contributed by atoms with Crippen LogP contribution >= 0.6 is 0 Å². The molecule has 0 saturated heterocycles. The fraction of sp³-hybridized carbons (Fsp3) is 0.222. The lowest BCUT2D eigenvalue weighted by Gasteiger charge is -2.07. The number of hydrogen-bond acceptors (Lipinski definition) is 4. The van der Waals surface area contributed by atoms with E-state index in [9.17, 15) is 14.1 Å². The normalized spacial score (nSPS) is 12.1. The van der Waals surface area contributed by atoms with Gasteiger partial charge in [0.05, 0.1) is 28.4 Å². The van der Waals surface area contributed by atoms with E-state index in [1.54, 1.807) is 0 Å². The number of ether oxygens (including phenoxy) is 1. The highest BCUT2D eigenvalue weighted by molar-refractivity contribution is 7.84. The van der Waals surface area contributed by atoms with Crippen LogP contribution in [-0.2, 0) is 10.8 Å². The molecule has 1 aromatic carbocycles. The van der Waals surface area contributed by atoms with Crippen LogP contribution in [0.1, 0.15) is 10.4 Å². The molecule has 0 radical (unpaired) electrons. The average Bonchev–Trinajstić information content (AvgIpc) is 2.16. The van der Waals surface area contributed by atoms with Gasteiger partial charge in [-0.3, -0.25) is 9.00 Å². The number of benzene rings is 1. The molecule has 0 unspecified atom stereocenters. The van der Waals surface area contributed by atoms with Crippen LogP contribution in [0, 0.1) is 0 Å². The second-order valence-electron chi connectivity index (χ2n) is 2.63. The second-order valence-corrected chi connectivity index (χ2v) is 3.98. The molecule has 1 N–H and O–H groups in total. The molecule has 1 rings (SSSR count). The van der Waals surface area contributed by atoms with Crippen LogP contribution in [0.5, 0.6) is 11.5 Å². The fourth-order valence-electron chi connectivity index (χ4n) is 1.04. The quantitative estimate of drug-likeness (QED) is 0.761. The molecule has 4 nitrogen and oxygen atoms in total. The van der Waals surface area contributed by atoms with Crippen molar-refractivity contribution in [2.45, 2.75) is 4.90 Å². The lowest BCUT2D eigenvalue weighted by Crippen LogP contribution is -1.96. The van der Waals surface area contributed by atoms with Gasteiger partial charge in [-0.25, -0.2) is 0 Å². The highest BCUT2D eigenvalue weighted by Gasteiger charge is 2.11. The van der Waals surface area contributed by atoms with Crippen molar-refractivity contribution in [2.75, 3.05) is 13.4 Å². The first-order valence-electron chi connectivity index (χ1n) is 3.79. The zero-order chi connectivity index (χ0) is 10.7. The summed E-state index contributed by atoms with van der Waals surface area (Å²) in [7, 11) is 0.153. The summed E-state index contributed by atoms with van der Waals surface area (Å²) in [5, 5.41) is 9.32. The van der Waals surface area contributed by atoms with Crippen molar-refractivity contribution in [2.24, 2.45) is 0 Å². The minimum Gasteiger partial charge on any atom is -0.507 e. The van der Waals surface area contributed by atoms with Crippen molar-refractivity contribution in [1.29, 1.82) is 0 Å². The van der Waals surface area contributed by atoms with Crippen molar-refractivity contribution >= 4 is 17.1 Å². The van der Waals surface area contributed by atoms with Gasteiger partial charge in [-0.15, -0.1) is 0 Å². The van der Waals surface area contributed by atoms with E-state index in [0.717, 1.165) is 0 Å². The second kappa shape index (κ2) is 4.23. The first kappa shape index (κ1) is 10.7. The fourth-order valence-corrected chi connectivity index (χ4v) is 1.76. The molecule has 0 bridgehead atoms. The molecule has 1 aromatic rings. The minimum absolute atomic E-state index is 0.107. The maximum atomic E-state index is 11.2. The third-order valence-corrected chi connectivity index (χ3v) is 2.69. The Morgan fingerprint density at radius 3 is 2.57 bits per heavy atom. The van der Waals surface area contributed by atoms with Gasteiger partial charge in [-0.1, -0.05) is 0 Å². The number of phenols is 1. The molecule has 14 heavy (non-hydrogen) atoms. The number of carbonyl (C=O) groups is 1. The molecule has 0 spiro atoms. The molecular formula is C9H10O4S. The van der Waals surface area contributed by atoms with E-state index < -0.39 is 10.8 Å².